The maximum absolute atomic E-state index is 12.2. The van der Waals surface area contributed by atoms with Crippen molar-refractivity contribution in [2.75, 3.05) is 26.2 Å². The Morgan fingerprint density at radius 2 is 1.92 bits per heavy atom. The van der Waals surface area contributed by atoms with Crippen LogP contribution in [0.5, 0.6) is 0 Å². The van der Waals surface area contributed by atoms with Gasteiger partial charge in [0.25, 0.3) is 0 Å². The van der Waals surface area contributed by atoms with Gasteiger partial charge in [-0.15, -0.1) is 0 Å². The van der Waals surface area contributed by atoms with Gasteiger partial charge in [-0.1, -0.05) is 30.3 Å². The molecule has 2 fully saturated rings. The van der Waals surface area contributed by atoms with Crippen molar-refractivity contribution >= 4 is 6.09 Å². The van der Waals surface area contributed by atoms with Gasteiger partial charge < -0.3 is 9.64 Å². The zero-order valence-electron chi connectivity index (χ0n) is 14.8. The smallest absolute Gasteiger partial charge is 0.410 e. The first-order chi connectivity index (χ1) is 12.3. The minimum absolute atomic E-state index is 0.205. The standard InChI is InChI=1S/C20H27N3O2/c21-11-8-17-7-4-12-23(15-17)19-9-13-22(14-10-19)20(24)25-16-18-5-2-1-3-6-18/h1-3,5-6,17,19H,4,7-10,12-16H2. The molecule has 0 N–H and O–H groups in total. The Kier molecular flexibility index (Phi) is 6.30. The highest BCUT2D eigenvalue weighted by atomic mass is 16.6. The van der Waals surface area contributed by atoms with E-state index >= 15 is 0 Å². The Balaban J connectivity index is 1.42. The van der Waals surface area contributed by atoms with Crippen LogP contribution in [-0.2, 0) is 11.3 Å². The molecule has 5 heteroatoms. The predicted octanol–water partition coefficient (Wildman–Crippen LogP) is 3.41. The largest absolute Gasteiger partial charge is 0.445 e. The summed E-state index contributed by atoms with van der Waals surface area (Å²) in [5.41, 5.74) is 1.02. The lowest BCUT2D eigenvalue weighted by atomic mass is 9.92. The van der Waals surface area contributed by atoms with E-state index in [9.17, 15) is 4.79 Å². The summed E-state index contributed by atoms with van der Waals surface area (Å²) < 4.78 is 5.43. The first-order valence-corrected chi connectivity index (χ1v) is 9.33. The van der Waals surface area contributed by atoms with E-state index in [1.54, 1.807) is 0 Å². The Morgan fingerprint density at radius 1 is 1.16 bits per heavy atom. The van der Waals surface area contributed by atoms with Gasteiger partial charge in [0.15, 0.2) is 0 Å². The number of carbonyl (C=O) groups is 1. The van der Waals surface area contributed by atoms with Crippen molar-refractivity contribution in [2.24, 2.45) is 5.92 Å². The van der Waals surface area contributed by atoms with Crippen molar-refractivity contribution in [2.45, 2.75) is 44.8 Å². The molecule has 3 rings (SSSR count). The zero-order chi connectivity index (χ0) is 17.5. The van der Waals surface area contributed by atoms with E-state index in [1.807, 2.05) is 35.2 Å². The van der Waals surface area contributed by atoms with Gasteiger partial charge in [-0.05, 0) is 43.7 Å². The van der Waals surface area contributed by atoms with Gasteiger partial charge >= 0.3 is 6.09 Å². The highest BCUT2D eigenvalue weighted by molar-refractivity contribution is 5.67. The molecule has 1 amide bonds. The molecule has 2 heterocycles. The number of amides is 1. The second-order valence-corrected chi connectivity index (χ2v) is 7.12. The number of carbonyl (C=O) groups excluding carboxylic acids is 1. The van der Waals surface area contributed by atoms with Crippen LogP contribution >= 0.6 is 0 Å². The quantitative estimate of drug-likeness (QED) is 0.842. The van der Waals surface area contributed by atoms with Gasteiger partial charge in [-0.25, -0.2) is 4.79 Å². The Bertz CT molecular complexity index is 591. The monoisotopic (exact) mass is 341 g/mol. The topological polar surface area (TPSA) is 56.6 Å². The van der Waals surface area contributed by atoms with Gasteiger partial charge in [0.2, 0.25) is 0 Å². The molecule has 0 saturated carbocycles. The molecule has 1 aromatic carbocycles. The molecule has 0 bridgehead atoms. The van der Waals surface area contributed by atoms with Gasteiger partial charge in [-0.2, -0.15) is 5.26 Å². The molecule has 1 aromatic rings. The number of benzene rings is 1. The summed E-state index contributed by atoms with van der Waals surface area (Å²) in [6.45, 7) is 4.03. The van der Waals surface area contributed by atoms with Crippen LogP contribution in [0.1, 0.15) is 37.7 Å². The minimum atomic E-state index is -0.205. The fourth-order valence-corrected chi connectivity index (χ4v) is 3.95. The first kappa shape index (κ1) is 17.8. The van der Waals surface area contributed by atoms with Crippen LogP contribution in [0.2, 0.25) is 0 Å². The number of nitrogens with zero attached hydrogens (tertiary/aromatic N) is 3. The van der Waals surface area contributed by atoms with Crippen molar-refractivity contribution < 1.29 is 9.53 Å². The van der Waals surface area contributed by atoms with E-state index in [-0.39, 0.29) is 6.09 Å². The molecule has 0 aromatic heterocycles. The van der Waals surface area contributed by atoms with Crippen LogP contribution in [0.3, 0.4) is 0 Å². The number of hydrogen-bond acceptors (Lipinski definition) is 4. The summed E-state index contributed by atoms with van der Waals surface area (Å²) in [5.74, 6) is 0.521. The van der Waals surface area contributed by atoms with Crippen molar-refractivity contribution in [3.8, 4) is 6.07 Å². The molecular formula is C20H27N3O2. The highest BCUT2D eigenvalue weighted by Gasteiger charge is 2.30. The van der Waals surface area contributed by atoms with Crippen molar-refractivity contribution in [3.63, 3.8) is 0 Å². The fraction of sp³-hybridized carbons (Fsp3) is 0.600. The second-order valence-electron chi connectivity index (χ2n) is 7.12. The van der Waals surface area contributed by atoms with Gasteiger partial charge in [0, 0.05) is 32.1 Å². The van der Waals surface area contributed by atoms with Crippen molar-refractivity contribution in [3.05, 3.63) is 35.9 Å². The zero-order valence-corrected chi connectivity index (χ0v) is 14.8. The summed E-state index contributed by atoms with van der Waals surface area (Å²) in [6, 6.07) is 12.6. The molecule has 5 nitrogen and oxygen atoms in total. The summed E-state index contributed by atoms with van der Waals surface area (Å²) >= 11 is 0. The molecule has 0 radical (unpaired) electrons. The average Bonchev–Trinajstić information content (AvgIpc) is 2.67. The fourth-order valence-electron chi connectivity index (χ4n) is 3.95. The highest BCUT2D eigenvalue weighted by Crippen LogP contribution is 2.25. The van der Waals surface area contributed by atoms with Gasteiger partial charge in [-0.3, -0.25) is 4.90 Å². The first-order valence-electron chi connectivity index (χ1n) is 9.33. The van der Waals surface area contributed by atoms with Crippen LogP contribution in [-0.4, -0.2) is 48.1 Å². The Labute approximate surface area is 150 Å². The molecule has 1 atom stereocenters. The molecular weight excluding hydrogens is 314 g/mol. The molecule has 2 saturated heterocycles. The predicted molar refractivity (Wildman–Crippen MR) is 95.7 cm³/mol. The third-order valence-electron chi connectivity index (χ3n) is 5.37. The molecule has 134 valence electrons. The van der Waals surface area contributed by atoms with Gasteiger partial charge in [0.05, 0.1) is 6.07 Å². The molecule has 2 aliphatic heterocycles. The van der Waals surface area contributed by atoms with E-state index in [0.29, 0.717) is 25.0 Å². The molecule has 25 heavy (non-hydrogen) atoms. The van der Waals surface area contributed by atoms with Crippen LogP contribution < -0.4 is 0 Å². The number of piperidine rings is 2. The number of likely N-dealkylation sites (tertiary alicyclic amines) is 2. The lowest BCUT2D eigenvalue weighted by Crippen LogP contribution is -2.49. The maximum Gasteiger partial charge on any atom is 0.410 e. The maximum atomic E-state index is 12.2. The van der Waals surface area contributed by atoms with Crippen LogP contribution in [0, 0.1) is 17.2 Å². The summed E-state index contributed by atoms with van der Waals surface area (Å²) in [4.78, 5) is 16.6. The normalized spacial score (nSPS) is 22.4. The Morgan fingerprint density at radius 3 is 2.64 bits per heavy atom. The number of nitriles is 1. The lowest BCUT2D eigenvalue weighted by Gasteiger charge is -2.41. The number of ether oxygens (including phenoxy) is 1. The molecule has 1 unspecified atom stereocenters. The van der Waals surface area contributed by atoms with E-state index in [4.69, 9.17) is 10.00 Å². The second kappa shape index (κ2) is 8.87. The van der Waals surface area contributed by atoms with Crippen molar-refractivity contribution in [1.82, 2.24) is 9.80 Å². The molecule has 2 aliphatic rings. The summed E-state index contributed by atoms with van der Waals surface area (Å²) in [5, 5.41) is 8.92. The summed E-state index contributed by atoms with van der Waals surface area (Å²) in [7, 11) is 0. The molecule has 0 aliphatic carbocycles. The van der Waals surface area contributed by atoms with E-state index in [0.717, 1.165) is 44.6 Å². The Hall–Kier alpha value is -2.06. The van der Waals surface area contributed by atoms with Crippen molar-refractivity contribution in [1.29, 1.82) is 5.26 Å². The van der Waals surface area contributed by atoms with Gasteiger partial charge in [0.1, 0.15) is 6.61 Å². The number of hydrogen-bond donors (Lipinski definition) is 0. The van der Waals surface area contributed by atoms with Crippen LogP contribution in [0.4, 0.5) is 4.79 Å². The summed E-state index contributed by atoms with van der Waals surface area (Å²) in [6.07, 6.45) is 4.82. The van der Waals surface area contributed by atoms with E-state index in [2.05, 4.69) is 11.0 Å². The van der Waals surface area contributed by atoms with Crippen LogP contribution in [0.15, 0.2) is 30.3 Å². The SMILES string of the molecule is N#CCC1CCCN(C2CCN(C(=O)OCc3ccccc3)CC2)C1. The van der Waals surface area contributed by atoms with Crippen LogP contribution in [0.25, 0.3) is 0 Å². The molecule has 0 spiro atoms. The third kappa shape index (κ3) is 4.96. The lowest BCUT2D eigenvalue weighted by molar-refractivity contribution is 0.0539. The minimum Gasteiger partial charge on any atom is -0.445 e. The average molecular weight is 341 g/mol. The van der Waals surface area contributed by atoms with E-state index < -0.39 is 0 Å². The third-order valence-corrected chi connectivity index (χ3v) is 5.37. The number of rotatable bonds is 4. The van der Waals surface area contributed by atoms with E-state index in [1.165, 1.54) is 12.8 Å².